The van der Waals surface area contributed by atoms with Crippen molar-refractivity contribution in [3.63, 3.8) is 0 Å². The Morgan fingerprint density at radius 3 is 2.42 bits per heavy atom. The molecule has 0 saturated heterocycles. The van der Waals surface area contributed by atoms with Gasteiger partial charge in [-0.05, 0) is 74.7 Å². The summed E-state index contributed by atoms with van der Waals surface area (Å²) < 4.78 is 3.37. The molecule has 0 spiro atoms. The third-order valence-corrected chi connectivity index (χ3v) is 6.53. The van der Waals surface area contributed by atoms with E-state index in [1.165, 1.54) is 16.0 Å². The summed E-state index contributed by atoms with van der Waals surface area (Å²) >= 11 is 12.5. The highest BCUT2D eigenvalue weighted by molar-refractivity contribution is 9.13. The topological polar surface area (TPSA) is 12.0 Å². The summed E-state index contributed by atoms with van der Waals surface area (Å²) in [7, 11) is 0. The number of thiophene rings is 1. The molecule has 1 atom stereocenters. The number of aryl methyl sites for hydroxylation is 1. The Hall–Kier alpha value is 0.320. The summed E-state index contributed by atoms with van der Waals surface area (Å²) in [6, 6.07) is 8.96. The standard InChI is InChI=1S/C14H14Br3NS/c1-3-18-13(12-7-11(16)14(17)19-12)9-4-8(2)5-10(15)6-9/h4-7,13,18H,3H2,1-2H3. The van der Waals surface area contributed by atoms with Crippen LogP contribution in [-0.4, -0.2) is 6.54 Å². The smallest absolute Gasteiger partial charge is 0.0843 e. The zero-order valence-electron chi connectivity index (χ0n) is 10.6. The van der Waals surface area contributed by atoms with E-state index in [1.54, 1.807) is 11.3 Å². The Morgan fingerprint density at radius 2 is 1.89 bits per heavy atom. The lowest BCUT2D eigenvalue weighted by Gasteiger charge is -2.18. The number of hydrogen-bond acceptors (Lipinski definition) is 2. The maximum atomic E-state index is 3.58. The van der Waals surface area contributed by atoms with Crippen LogP contribution in [0.2, 0.25) is 0 Å². The number of rotatable bonds is 4. The first-order chi connectivity index (χ1) is 9.01. The van der Waals surface area contributed by atoms with E-state index >= 15 is 0 Å². The van der Waals surface area contributed by atoms with Crippen LogP contribution in [0.4, 0.5) is 0 Å². The average Bonchev–Trinajstić information content (AvgIpc) is 2.65. The molecule has 0 aliphatic rings. The average molecular weight is 468 g/mol. The van der Waals surface area contributed by atoms with Crippen molar-refractivity contribution in [3.8, 4) is 0 Å². The van der Waals surface area contributed by atoms with Crippen molar-refractivity contribution >= 4 is 59.1 Å². The molecule has 0 radical (unpaired) electrons. The summed E-state index contributed by atoms with van der Waals surface area (Å²) in [5.41, 5.74) is 2.55. The van der Waals surface area contributed by atoms with Gasteiger partial charge in [-0.25, -0.2) is 0 Å². The van der Waals surface area contributed by atoms with Crippen LogP contribution in [0.5, 0.6) is 0 Å². The molecule has 0 saturated carbocycles. The maximum Gasteiger partial charge on any atom is 0.0843 e. The summed E-state index contributed by atoms with van der Waals surface area (Å²) in [6.45, 7) is 5.19. The minimum Gasteiger partial charge on any atom is -0.306 e. The van der Waals surface area contributed by atoms with Crippen LogP contribution in [0.25, 0.3) is 0 Å². The zero-order chi connectivity index (χ0) is 14.0. The number of hydrogen-bond donors (Lipinski definition) is 1. The SMILES string of the molecule is CCNC(c1cc(C)cc(Br)c1)c1cc(Br)c(Br)s1. The van der Waals surface area contributed by atoms with Crippen molar-refractivity contribution in [2.24, 2.45) is 0 Å². The van der Waals surface area contributed by atoms with Gasteiger partial charge in [-0.2, -0.15) is 0 Å². The Labute approximate surface area is 143 Å². The minimum atomic E-state index is 0.230. The summed E-state index contributed by atoms with van der Waals surface area (Å²) in [6.07, 6.45) is 0. The van der Waals surface area contributed by atoms with Gasteiger partial charge in [0.15, 0.2) is 0 Å². The molecule has 1 nitrogen and oxygen atoms in total. The van der Waals surface area contributed by atoms with E-state index in [9.17, 15) is 0 Å². The Morgan fingerprint density at radius 1 is 1.16 bits per heavy atom. The third kappa shape index (κ3) is 3.91. The van der Waals surface area contributed by atoms with Gasteiger partial charge in [-0.3, -0.25) is 0 Å². The van der Waals surface area contributed by atoms with E-state index in [0.717, 1.165) is 19.3 Å². The van der Waals surface area contributed by atoms with Crippen LogP contribution in [-0.2, 0) is 0 Å². The van der Waals surface area contributed by atoms with E-state index in [2.05, 4.69) is 91.2 Å². The van der Waals surface area contributed by atoms with Gasteiger partial charge in [0.25, 0.3) is 0 Å². The fourth-order valence-corrected chi connectivity index (χ4v) is 4.84. The summed E-state index contributed by atoms with van der Waals surface area (Å²) in [4.78, 5) is 1.30. The molecule has 102 valence electrons. The van der Waals surface area contributed by atoms with Crippen LogP contribution in [0.3, 0.4) is 0 Å². The van der Waals surface area contributed by atoms with Gasteiger partial charge in [0.05, 0.1) is 9.83 Å². The lowest BCUT2D eigenvalue weighted by molar-refractivity contribution is 0.639. The quantitative estimate of drug-likeness (QED) is 0.577. The number of benzene rings is 1. The highest BCUT2D eigenvalue weighted by atomic mass is 79.9. The molecule has 0 amide bonds. The molecule has 1 unspecified atom stereocenters. The minimum absolute atomic E-state index is 0.230. The van der Waals surface area contributed by atoms with Gasteiger partial charge in [-0.15, -0.1) is 11.3 Å². The summed E-state index contributed by atoms with van der Waals surface area (Å²) in [5.74, 6) is 0. The van der Waals surface area contributed by atoms with E-state index in [1.807, 2.05) is 0 Å². The molecule has 2 rings (SSSR count). The van der Waals surface area contributed by atoms with E-state index < -0.39 is 0 Å². The number of nitrogens with one attached hydrogen (secondary N) is 1. The van der Waals surface area contributed by atoms with Crippen LogP contribution in [0.1, 0.15) is 29.0 Å². The van der Waals surface area contributed by atoms with Gasteiger partial charge in [0.2, 0.25) is 0 Å². The van der Waals surface area contributed by atoms with Crippen molar-refractivity contribution in [1.29, 1.82) is 0 Å². The van der Waals surface area contributed by atoms with Crippen LogP contribution in [0, 0.1) is 6.92 Å². The fourth-order valence-electron chi connectivity index (χ4n) is 2.02. The first-order valence-corrected chi connectivity index (χ1v) is 9.16. The Kier molecular flexibility index (Phi) is 5.66. The molecule has 19 heavy (non-hydrogen) atoms. The molecule has 0 aliphatic carbocycles. The van der Waals surface area contributed by atoms with E-state index in [-0.39, 0.29) is 6.04 Å². The lowest BCUT2D eigenvalue weighted by Crippen LogP contribution is -2.21. The zero-order valence-corrected chi connectivity index (χ0v) is 16.2. The van der Waals surface area contributed by atoms with Crippen molar-refractivity contribution in [1.82, 2.24) is 5.32 Å². The molecule has 1 aromatic carbocycles. The fraction of sp³-hybridized carbons (Fsp3) is 0.286. The summed E-state index contributed by atoms with van der Waals surface area (Å²) in [5, 5.41) is 3.56. The lowest BCUT2D eigenvalue weighted by atomic mass is 10.0. The third-order valence-electron chi connectivity index (χ3n) is 2.75. The van der Waals surface area contributed by atoms with Gasteiger partial charge in [0.1, 0.15) is 0 Å². The molecular weight excluding hydrogens is 454 g/mol. The maximum absolute atomic E-state index is 3.58. The van der Waals surface area contributed by atoms with Gasteiger partial charge in [-0.1, -0.05) is 28.9 Å². The normalized spacial score (nSPS) is 12.7. The van der Waals surface area contributed by atoms with Crippen LogP contribution >= 0.6 is 59.1 Å². The first kappa shape index (κ1) is 15.7. The molecule has 1 N–H and O–H groups in total. The molecule has 0 fully saturated rings. The van der Waals surface area contributed by atoms with E-state index in [4.69, 9.17) is 0 Å². The van der Waals surface area contributed by atoms with Gasteiger partial charge >= 0.3 is 0 Å². The largest absolute Gasteiger partial charge is 0.306 e. The molecule has 2 aromatic rings. The van der Waals surface area contributed by atoms with Crippen molar-refractivity contribution in [2.75, 3.05) is 6.54 Å². The molecule has 5 heteroatoms. The molecule has 0 aliphatic heterocycles. The second kappa shape index (κ2) is 6.85. The van der Waals surface area contributed by atoms with Gasteiger partial charge in [0, 0.05) is 13.8 Å². The second-order valence-electron chi connectivity index (χ2n) is 4.32. The Balaban J connectivity index is 2.44. The van der Waals surface area contributed by atoms with Gasteiger partial charge < -0.3 is 5.32 Å². The molecule has 1 heterocycles. The molecule has 0 bridgehead atoms. The molecular formula is C14H14Br3NS. The predicted molar refractivity (Wildman–Crippen MR) is 94.1 cm³/mol. The molecule has 1 aromatic heterocycles. The monoisotopic (exact) mass is 465 g/mol. The second-order valence-corrected chi connectivity index (χ2v) is 8.49. The highest BCUT2D eigenvalue weighted by Gasteiger charge is 2.17. The van der Waals surface area contributed by atoms with Crippen molar-refractivity contribution in [3.05, 3.63) is 53.0 Å². The van der Waals surface area contributed by atoms with Crippen molar-refractivity contribution in [2.45, 2.75) is 19.9 Å². The Bertz CT molecular complexity index is 540. The predicted octanol–water partition coefficient (Wildman–Crippen LogP) is 6.04. The van der Waals surface area contributed by atoms with E-state index in [0.29, 0.717) is 0 Å². The highest BCUT2D eigenvalue weighted by Crippen LogP contribution is 2.38. The van der Waals surface area contributed by atoms with Crippen molar-refractivity contribution < 1.29 is 0 Å². The first-order valence-electron chi connectivity index (χ1n) is 5.96. The number of halogens is 3. The van der Waals surface area contributed by atoms with Crippen LogP contribution < -0.4 is 5.32 Å². The van der Waals surface area contributed by atoms with Crippen LogP contribution in [0.15, 0.2) is 37.0 Å².